The van der Waals surface area contributed by atoms with E-state index in [9.17, 15) is 5.11 Å². The topological polar surface area (TPSA) is 20.2 Å². The molecular weight excluding hydrogens is 412 g/mol. The third-order valence-corrected chi connectivity index (χ3v) is 7.76. The highest BCUT2D eigenvalue weighted by molar-refractivity contribution is 4.56. The second-order valence-corrected chi connectivity index (χ2v) is 11.4. The first-order valence-corrected chi connectivity index (χ1v) is 16.5. The number of hydrogen-bond donors (Lipinski definition) is 1. The predicted molar refractivity (Wildman–Crippen MR) is 156 cm³/mol. The molecule has 0 aromatic carbocycles. The van der Waals surface area contributed by atoms with Gasteiger partial charge in [0.2, 0.25) is 0 Å². The molecular formula is C33H68O. The summed E-state index contributed by atoms with van der Waals surface area (Å²) in [6.07, 6.45) is 42.1. The van der Waals surface area contributed by atoms with Crippen molar-refractivity contribution in [2.24, 2.45) is 0 Å². The Kier molecular flexibility index (Phi) is 31.0. The fourth-order valence-electron chi connectivity index (χ4n) is 5.35. The van der Waals surface area contributed by atoms with Crippen LogP contribution in [0.5, 0.6) is 0 Å². The van der Waals surface area contributed by atoms with Crippen LogP contribution in [0.1, 0.15) is 206 Å². The minimum absolute atomic E-state index is 0.0378. The van der Waals surface area contributed by atoms with Crippen molar-refractivity contribution in [1.29, 1.82) is 0 Å². The average Bonchev–Trinajstić information content (AvgIpc) is 2.83. The molecule has 0 aliphatic heterocycles. The summed E-state index contributed by atoms with van der Waals surface area (Å²) in [6, 6.07) is 0. The van der Waals surface area contributed by atoms with Gasteiger partial charge in [-0.05, 0) is 12.8 Å². The Hall–Kier alpha value is -0.0400. The molecule has 0 saturated carbocycles. The van der Waals surface area contributed by atoms with Gasteiger partial charge < -0.3 is 5.11 Å². The number of hydrogen-bond acceptors (Lipinski definition) is 1. The van der Waals surface area contributed by atoms with Crippen LogP contribution in [0.3, 0.4) is 0 Å². The molecule has 0 spiro atoms. The minimum Gasteiger partial charge on any atom is -0.393 e. The molecule has 206 valence electrons. The standard InChI is InChI=1S/C33H68O/c1-3-5-6-7-8-9-10-11-12-13-14-15-16-17-18-19-20-21-22-23-24-25-26-27-28-29-30-32-33(34)31-4-2/h33-34H,3-32H2,1-2H3. The van der Waals surface area contributed by atoms with Crippen LogP contribution in [0.25, 0.3) is 0 Å². The van der Waals surface area contributed by atoms with Gasteiger partial charge in [-0.25, -0.2) is 0 Å². The van der Waals surface area contributed by atoms with E-state index in [0.717, 1.165) is 19.3 Å². The van der Waals surface area contributed by atoms with Crippen molar-refractivity contribution >= 4 is 0 Å². The summed E-state index contributed by atoms with van der Waals surface area (Å²) in [5.41, 5.74) is 0. The fraction of sp³-hybridized carbons (Fsp3) is 1.00. The molecule has 1 heteroatoms. The fourth-order valence-corrected chi connectivity index (χ4v) is 5.35. The van der Waals surface area contributed by atoms with Gasteiger partial charge in [0, 0.05) is 0 Å². The Morgan fingerprint density at radius 3 is 0.765 bits per heavy atom. The summed E-state index contributed by atoms with van der Waals surface area (Å²) in [7, 11) is 0. The Labute approximate surface area is 217 Å². The molecule has 0 fully saturated rings. The lowest BCUT2D eigenvalue weighted by atomic mass is 10.0. The Bertz CT molecular complexity index is 339. The summed E-state index contributed by atoms with van der Waals surface area (Å²) in [5, 5.41) is 9.74. The SMILES string of the molecule is CCCCCCCCCCCCCCCCCCCCCCCCCCCCCC(O)CCC. The van der Waals surface area contributed by atoms with Crippen molar-refractivity contribution in [3.05, 3.63) is 0 Å². The van der Waals surface area contributed by atoms with Crippen LogP contribution < -0.4 is 0 Å². The highest BCUT2D eigenvalue weighted by Crippen LogP contribution is 2.16. The maximum atomic E-state index is 9.74. The van der Waals surface area contributed by atoms with E-state index in [-0.39, 0.29) is 6.10 Å². The first kappa shape index (κ1) is 34.0. The first-order chi connectivity index (χ1) is 16.8. The van der Waals surface area contributed by atoms with E-state index >= 15 is 0 Å². The van der Waals surface area contributed by atoms with E-state index in [1.165, 1.54) is 173 Å². The van der Waals surface area contributed by atoms with Crippen LogP contribution in [0.15, 0.2) is 0 Å². The Balaban J connectivity index is 3.03. The molecule has 0 aromatic rings. The van der Waals surface area contributed by atoms with Gasteiger partial charge >= 0.3 is 0 Å². The van der Waals surface area contributed by atoms with Crippen molar-refractivity contribution in [3.8, 4) is 0 Å². The van der Waals surface area contributed by atoms with E-state index in [4.69, 9.17) is 0 Å². The van der Waals surface area contributed by atoms with Crippen LogP contribution in [0, 0.1) is 0 Å². The zero-order chi connectivity index (χ0) is 24.8. The molecule has 1 N–H and O–H groups in total. The molecule has 0 aliphatic carbocycles. The maximum absolute atomic E-state index is 9.74. The molecule has 0 radical (unpaired) electrons. The third kappa shape index (κ3) is 30.0. The normalized spacial score (nSPS) is 12.4. The smallest absolute Gasteiger partial charge is 0.0540 e. The summed E-state index contributed by atoms with van der Waals surface area (Å²) >= 11 is 0. The van der Waals surface area contributed by atoms with Crippen molar-refractivity contribution in [3.63, 3.8) is 0 Å². The van der Waals surface area contributed by atoms with Crippen molar-refractivity contribution < 1.29 is 5.11 Å². The van der Waals surface area contributed by atoms with Gasteiger partial charge in [-0.1, -0.05) is 194 Å². The predicted octanol–water partition coefficient (Wildman–Crippen LogP) is 12.1. The monoisotopic (exact) mass is 481 g/mol. The summed E-state index contributed by atoms with van der Waals surface area (Å²) in [4.78, 5) is 0. The molecule has 0 rings (SSSR count). The second-order valence-electron chi connectivity index (χ2n) is 11.4. The number of unbranched alkanes of at least 4 members (excludes halogenated alkanes) is 26. The molecule has 34 heavy (non-hydrogen) atoms. The average molecular weight is 481 g/mol. The van der Waals surface area contributed by atoms with Crippen molar-refractivity contribution in [2.75, 3.05) is 0 Å². The summed E-state index contributed by atoms with van der Waals surface area (Å²) < 4.78 is 0. The highest BCUT2D eigenvalue weighted by atomic mass is 16.3. The third-order valence-electron chi connectivity index (χ3n) is 7.76. The van der Waals surface area contributed by atoms with Crippen LogP contribution in [0.4, 0.5) is 0 Å². The summed E-state index contributed by atoms with van der Waals surface area (Å²) in [5.74, 6) is 0. The molecule has 0 amide bonds. The van der Waals surface area contributed by atoms with Gasteiger partial charge in [0.1, 0.15) is 0 Å². The van der Waals surface area contributed by atoms with E-state index in [2.05, 4.69) is 13.8 Å². The lowest BCUT2D eigenvalue weighted by molar-refractivity contribution is 0.150. The van der Waals surface area contributed by atoms with Crippen LogP contribution in [-0.2, 0) is 0 Å². The molecule has 1 atom stereocenters. The summed E-state index contributed by atoms with van der Waals surface area (Å²) in [6.45, 7) is 4.46. The van der Waals surface area contributed by atoms with Crippen molar-refractivity contribution in [1.82, 2.24) is 0 Å². The molecule has 0 aliphatic rings. The van der Waals surface area contributed by atoms with Gasteiger partial charge in [-0.2, -0.15) is 0 Å². The number of rotatable bonds is 30. The Morgan fingerprint density at radius 2 is 0.529 bits per heavy atom. The van der Waals surface area contributed by atoms with Crippen LogP contribution >= 0.6 is 0 Å². The highest BCUT2D eigenvalue weighted by Gasteiger charge is 2.01. The quantitative estimate of drug-likeness (QED) is 0.101. The Morgan fingerprint density at radius 1 is 0.294 bits per heavy atom. The maximum Gasteiger partial charge on any atom is 0.0540 e. The van der Waals surface area contributed by atoms with E-state index in [1.54, 1.807) is 0 Å². The van der Waals surface area contributed by atoms with Crippen LogP contribution in [-0.4, -0.2) is 11.2 Å². The van der Waals surface area contributed by atoms with E-state index in [0.29, 0.717) is 0 Å². The number of aliphatic hydroxyl groups excluding tert-OH is 1. The zero-order valence-corrected chi connectivity index (χ0v) is 24.2. The zero-order valence-electron chi connectivity index (χ0n) is 24.2. The molecule has 0 bridgehead atoms. The van der Waals surface area contributed by atoms with Crippen LogP contribution in [0.2, 0.25) is 0 Å². The van der Waals surface area contributed by atoms with Gasteiger partial charge in [0.15, 0.2) is 0 Å². The first-order valence-electron chi connectivity index (χ1n) is 16.5. The molecule has 1 unspecified atom stereocenters. The van der Waals surface area contributed by atoms with Crippen molar-refractivity contribution in [2.45, 2.75) is 213 Å². The second kappa shape index (κ2) is 31.0. The van der Waals surface area contributed by atoms with E-state index < -0.39 is 0 Å². The van der Waals surface area contributed by atoms with Gasteiger partial charge in [-0.3, -0.25) is 0 Å². The molecule has 0 heterocycles. The molecule has 0 aromatic heterocycles. The van der Waals surface area contributed by atoms with Gasteiger partial charge in [-0.15, -0.1) is 0 Å². The van der Waals surface area contributed by atoms with Gasteiger partial charge in [0.25, 0.3) is 0 Å². The van der Waals surface area contributed by atoms with Gasteiger partial charge in [0.05, 0.1) is 6.10 Å². The molecule has 1 nitrogen and oxygen atoms in total. The minimum atomic E-state index is -0.0378. The largest absolute Gasteiger partial charge is 0.393 e. The lowest BCUT2D eigenvalue weighted by Crippen LogP contribution is -2.04. The lowest BCUT2D eigenvalue weighted by Gasteiger charge is -2.08. The van der Waals surface area contributed by atoms with E-state index in [1.807, 2.05) is 0 Å². The molecule has 0 saturated heterocycles. The number of aliphatic hydroxyl groups is 1.